The topological polar surface area (TPSA) is 394 Å². The lowest BCUT2D eigenvalue weighted by atomic mass is 9.89. The number of aromatic nitrogens is 4. The molecule has 372 valence electrons. The van der Waals surface area contributed by atoms with Crippen LogP contribution in [-0.2, 0) is 42.6 Å². The number of hydrogen-bond donors (Lipinski definition) is 8. The molecule has 4 heterocycles. The average Bonchev–Trinajstić information content (AvgIpc) is 3.91. The molecule has 3 aliphatic rings. The van der Waals surface area contributed by atoms with Crippen molar-refractivity contribution < 1.29 is 85.0 Å². The van der Waals surface area contributed by atoms with Gasteiger partial charge in [-0.25, -0.2) is 33.4 Å². The van der Waals surface area contributed by atoms with Crippen molar-refractivity contribution in [2.75, 3.05) is 19.0 Å². The van der Waals surface area contributed by atoms with Crippen LogP contribution in [0.1, 0.15) is 57.5 Å². The highest BCUT2D eigenvalue weighted by atomic mass is 31.3. The average molecular weight is 1040 g/mol. The third kappa shape index (κ3) is 11.1. The number of carboxylic acid groups (broad SMARTS) is 1. The first-order valence-electron chi connectivity index (χ1n) is 20.5. The van der Waals surface area contributed by atoms with Crippen molar-refractivity contribution in [3.8, 4) is 28.2 Å². The molecule has 0 radical (unpaired) electrons. The summed E-state index contributed by atoms with van der Waals surface area (Å²) in [6, 6.07) is 15.7. The van der Waals surface area contributed by atoms with Gasteiger partial charge >= 0.3 is 29.4 Å². The van der Waals surface area contributed by atoms with Crippen LogP contribution in [0.15, 0.2) is 94.7 Å². The second-order valence-electron chi connectivity index (χ2n) is 15.6. The van der Waals surface area contributed by atoms with E-state index < -0.39 is 71.4 Å². The van der Waals surface area contributed by atoms with E-state index in [9.17, 15) is 58.4 Å². The number of amides is 1. The Kier molecular flexibility index (Phi) is 14.1. The maximum absolute atomic E-state index is 13.7. The number of phenolic OH excluding ortho intramolecular Hbond substituents is 1. The molecule has 2 aromatic heterocycles. The zero-order valence-corrected chi connectivity index (χ0v) is 39.2. The molecule has 3 aromatic carbocycles. The third-order valence-corrected chi connectivity index (χ3v) is 15.1. The summed E-state index contributed by atoms with van der Waals surface area (Å²) in [5.41, 5.74) is 1.03. The minimum absolute atomic E-state index is 0.0376. The summed E-state index contributed by atoms with van der Waals surface area (Å²) in [6.45, 7) is 0.659. The zero-order chi connectivity index (χ0) is 51.2. The number of nitrogens with one attached hydrogen (secondary N) is 2. The number of aliphatic hydroxyl groups is 1. The SMILES string of the molecule is COP(=O)(OC[C@H]1O[C@@H](n2cnc3c(NC(C)c4ccc(CNC(=O)c5ccc(C(=O)O)c(-c6c7ccc(=O)cc-7oc7cc(O)ccc67)c5)cc4[N+](=O)[O-])ncnc32)CC1O)OP(=O)(O)OP(=O)(O)O. The number of aromatic carboxylic acids is 1. The number of carbonyl (C=O) groups excluding carboxylic acids is 1. The lowest BCUT2D eigenvalue weighted by Crippen LogP contribution is -2.26. The number of nitrogens with zero attached hydrogens (tertiary/aromatic N) is 5. The van der Waals surface area contributed by atoms with Gasteiger partial charge in [-0.1, -0.05) is 6.07 Å². The third-order valence-electron chi connectivity index (χ3n) is 10.9. The van der Waals surface area contributed by atoms with E-state index in [-0.39, 0.29) is 80.4 Å². The summed E-state index contributed by atoms with van der Waals surface area (Å²) >= 11 is 0. The number of imidazole rings is 1. The van der Waals surface area contributed by atoms with Gasteiger partial charge in [0.2, 0.25) is 0 Å². The van der Waals surface area contributed by atoms with Gasteiger partial charge in [0.25, 0.3) is 11.6 Å². The van der Waals surface area contributed by atoms with Gasteiger partial charge in [-0.05, 0) is 66.6 Å². The number of aromatic hydroxyl groups is 1. The van der Waals surface area contributed by atoms with Gasteiger partial charge in [-0.15, -0.1) is 0 Å². The Morgan fingerprint density at radius 1 is 0.986 bits per heavy atom. The standard InChI is InChI=1S/C41H38N7O20P3/c1-20(46-38-37-39(44-18-43-38)47(19-45-37)35-15-31(51)34(66-35)17-64-71(62,63-2)68-70(60,61)67-69(57,58)59)25-7-3-21(11-30(25)48(55)56)16-42-40(52)22-4-8-26(41(53)54)29(12-22)36-27-9-5-23(49)13-32(27)65-33-14-24(50)6-10-28(33)36/h3-14,18-20,31,34-35,49,51H,15-17H2,1-2H3,(H,42,52)(H,53,54)(H,60,61)(H,43,44,46)(H2,57,58,59)/t20?,31?,34-,35-,71?/m1/s1. The molecule has 5 aromatic rings. The van der Waals surface area contributed by atoms with Gasteiger partial charge in [0, 0.05) is 60.4 Å². The molecule has 0 bridgehead atoms. The van der Waals surface area contributed by atoms with Crippen LogP contribution in [-0.4, -0.2) is 92.2 Å². The molecule has 6 atom stereocenters. The summed E-state index contributed by atoms with van der Waals surface area (Å²) in [4.78, 5) is 90.5. The predicted octanol–water partition coefficient (Wildman–Crippen LogP) is 5.77. The molecule has 0 spiro atoms. The smallest absolute Gasteiger partial charge is 0.490 e. The van der Waals surface area contributed by atoms with Crippen molar-refractivity contribution in [3.63, 3.8) is 0 Å². The highest BCUT2D eigenvalue weighted by molar-refractivity contribution is 7.66. The van der Waals surface area contributed by atoms with Crippen molar-refractivity contribution >= 4 is 69.0 Å². The lowest BCUT2D eigenvalue weighted by Gasteiger charge is -2.21. The van der Waals surface area contributed by atoms with Crippen LogP contribution in [0.25, 0.3) is 44.6 Å². The first-order valence-corrected chi connectivity index (χ1v) is 25.0. The number of hydrogen-bond acceptors (Lipinski definition) is 20. The van der Waals surface area contributed by atoms with Crippen LogP contribution in [0.4, 0.5) is 11.5 Å². The number of aliphatic hydroxyl groups excluding tert-OH is 1. The number of carboxylic acids is 1. The lowest BCUT2D eigenvalue weighted by molar-refractivity contribution is -0.385. The second-order valence-corrected chi connectivity index (χ2v) is 20.3. The number of carbonyl (C=O) groups is 2. The van der Waals surface area contributed by atoms with E-state index in [1.807, 2.05) is 0 Å². The normalized spacial score (nSPS) is 18.3. The highest BCUT2D eigenvalue weighted by Crippen LogP contribution is 2.68. The van der Waals surface area contributed by atoms with Crippen LogP contribution >= 0.6 is 23.5 Å². The number of phosphoric acid groups is 3. The summed E-state index contributed by atoms with van der Waals surface area (Å²) in [7, 11) is -15.5. The molecular weight excluding hydrogens is 1000 g/mol. The Balaban J connectivity index is 0.965. The Morgan fingerprint density at radius 3 is 2.48 bits per heavy atom. The number of nitro benzene ring substituents is 1. The fraction of sp³-hybridized carbons (Fsp3) is 0.220. The van der Waals surface area contributed by atoms with E-state index in [2.05, 4.69) is 38.7 Å². The van der Waals surface area contributed by atoms with Crippen molar-refractivity contribution in [1.29, 1.82) is 0 Å². The number of anilines is 1. The molecule has 8 N–H and O–H groups in total. The molecule has 1 aliphatic carbocycles. The van der Waals surface area contributed by atoms with E-state index in [4.69, 9.17) is 23.5 Å². The van der Waals surface area contributed by atoms with Crippen LogP contribution in [0, 0.1) is 10.1 Å². The predicted molar refractivity (Wildman–Crippen MR) is 244 cm³/mol. The fourth-order valence-corrected chi connectivity index (χ4v) is 11.1. The Bertz CT molecular complexity index is 3440. The minimum atomic E-state index is -5.68. The molecule has 1 saturated heterocycles. The molecule has 30 heteroatoms. The van der Waals surface area contributed by atoms with E-state index >= 15 is 0 Å². The fourth-order valence-electron chi connectivity index (χ4n) is 7.77. The van der Waals surface area contributed by atoms with E-state index in [1.165, 1.54) is 84.0 Å². The number of fused-ring (bicyclic) bond motifs is 3. The van der Waals surface area contributed by atoms with Crippen LogP contribution in [0.5, 0.6) is 5.75 Å². The molecule has 4 unspecified atom stereocenters. The van der Waals surface area contributed by atoms with E-state index in [0.717, 1.165) is 7.11 Å². The first kappa shape index (κ1) is 50.6. The van der Waals surface area contributed by atoms with Gasteiger partial charge in [0.05, 0.1) is 41.1 Å². The zero-order valence-electron chi connectivity index (χ0n) is 36.5. The molecule has 1 amide bonds. The molecule has 8 rings (SSSR count). The summed E-state index contributed by atoms with van der Waals surface area (Å²) in [5, 5.41) is 49.8. The van der Waals surface area contributed by atoms with Crippen molar-refractivity contribution in [2.24, 2.45) is 0 Å². The monoisotopic (exact) mass is 1040 g/mol. The van der Waals surface area contributed by atoms with Crippen molar-refractivity contribution in [1.82, 2.24) is 24.8 Å². The number of rotatable bonds is 18. The van der Waals surface area contributed by atoms with Gasteiger partial charge in [-0.3, -0.25) is 33.3 Å². The summed E-state index contributed by atoms with van der Waals surface area (Å²) in [6.07, 6.45) is -1.20. The molecule has 27 nitrogen and oxygen atoms in total. The number of ether oxygens (including phenoxy) is 1. The van der Waals surface area contributed by atoms with E-state index in [0.29, 0.717) is 22.1 Å². The van der Waals surface area contributed by atoms with Crippen molar-refractivity contribution in [2.45, 2.75) is 44.4 Å². The van der Waals surface area contributed by atoms with E-state index in [1.54, 1.807) is 13.0 Å². The number of phosphoric ester groups is 1. The minimum Gasteiger partial charge on any atom is -0.508 e. The molecule has 1 fully saturated rings. The highest BCUT2D eigenvalue weighted by Gasteiger charge is 2.44. The van der Waals surface area contributed by atoms with Gasteiger partial charge < -0.3 is 49.8 Å². The molecule has 0 saturated carbocycles. The largest absolute Gasteiger partial charge is 0.508 e. The van der Waals surface area contributed by atoms with Gasteiger partial charge in [0.15, 0.2) is 22.4 Å². The van der Waals surface area contributed by atoms with Crippen molar-refractivity contribution in [3.05, 3.63) is 128 Å². The van der Waals surface area contributed by atoms with Crippen LogP contribution in [0.2, 0.25) is 0 Å². The van der Waals surface area contributed by atoms with Gasteiger partial charge in [-0.2, -0.15) is 8.62 Å². The molecule has 2 aliphatic heterocycles. The Labute approximate surface area is 397 Å². The van der Waals surface area contributed by atoms with Crippen LogP contribution in [0.3, 0.4) is 0 Å². The first-order chi connectivity index (χ1) is 33.5. The van der Waals surface area contributed by atoms with Crippen LogP contribution < -0.4 is 16.1 Å². The molecule has 71 heavy (non-hydrogen) atoms. The number of nitro groups is 1. The van der Waals surface area contributed by atoms with Gasteiger partial charge in [0.1, 0.15) is 35.8 Å². The Hall–Kier alpha value is -6.83. The molecular formula is C41H38N7O20P3. The maximum Gasteiger partial charge on any atom is 0.490 e. The Morgan fingerprint density at radius 2 is 1.76 bits per heavy atom. The second kappa shape index (κ2) is 19.8. The summed E-state index contributed by atoms with van der Waals surface area (Å²) in [5.74, 6) is -1.85. The maximum atomic E-state index is 13.7. The summed E-state index contributed by atoms with van der Waals surface area (Å²) < 4.78 is 66.3. The number of phenols is 1. The quantitative estimate of drug-likeness (QED) is 0.0219. The number of benzene rings is 4.